The first-order valence-corrected chi connectivity index (χ1v) is 4.05. The molecule has 0 saturated heterocycles. The summed E-state index contributed by atoms with van der Waals surface area (Å²) in [5, 5.41) is 3.40. The van der Waals surface area contributed by atoms with Crippen LogP contribution >= 0.6 is 0 Å². The van der Waals surface area contributed by atoms with E-state index in [1.807, 2.05) is 12.3 Å². The van der Waals surface area contributed by atoms with Crippen LogP contribution in [0.5, 0.6) is 0 Å². The molecule has 11 heavy (non-hydrogen) atoms. The van der Waals surface area contributed by atoms with Crippen LogP contribution in [0.4, 0.5) is 0 Å². The number of fused-ring (bicyclic) bond motifs is 1. The Bertz CT molecular complexity index is 257. The molecule has 0 radical (unpaired) electrons. The fourth-order valence-corrected chi connectivity index (χ4v) is 1.57. The minimum atomic E-state index is 0.479. The Labute approximate surface area is 66.7 Å². The molecule has 0 saturated carbocycles. The molecule has 0 aliphatic carbocycles. The van der Waals surface area contributed by atoms with Crippen molar-refractivity contribution in [2.45, 2.75) is 19.4 Å². The molecule has 1 aromatic rings. The summed E-state index contributed by atoms with van der Waals surface area (Å²) in [4.78, 5) is 4.33. The van der Waals surface area contributed by atoms with Gasteiger partial charge >= 0.3 is 0 Å². The Morgan fingerprint density at radius 2 is 2.55 bits per heavy atom. The van der Waals surface area contributed by atoms with E-state index in [1.165, 1.54) is 11.3 Å². The summed E-state index contributed by atoms with van der Waals surface area (Å²) in [6.45, 7) is 3.24. The van der Waals surface area contributed by atoms with Gasteiger partial charge in [0.1, 0.15) is 0 Å². The van der Waals surface area contributed by atoms with Gasteiger partial charge in [0.2, 0.25) is 0 Å². The van der Waals surface area contributed by atoms with E-state index < -0.39 is 0 Å². The molecule has 0 spiro atoms. The SMILES string of the molecule is C[C@@H]1NCCc2ncccc21. The number of pyridine rings is 1. The van der Waals surface area contributed by atoms with Gasteiger partial charge in [-0.1, -0.05) is 6.07 Å². The third kappa shape index (κ3) is 1.14. The molecule has 1 aliphatic rings. The molecule has 1 aromatic heterocycles. The van der Waals surface area contributed by atoms with Gasteiger partial charge in [0, 0.05) is 30.9 Å². The number of nitrogens with zero attached hydrogens (tertiary/aromatic N) is 1. The number of hydrogen-bond acceptors (Lipinski definition) is 2. The van der Waals surface area contributed by atoms with Gasteiger partial charge in [0.25, 0.3) is 0 Å². The molecule has 0 unspecified atom stereocenters. The number of nitrogens with one attached hydrogen (secondary N) is 1. The summed E-state index contributed by atoms with van der Waals surface area (Å²) in [6, 6.07) is 4.63. The van der Waals surface area contributed by atoms with Crippen molar-refractivity contribution in [1.82, 2.24) is 10.3 Å². The maximum absolute atomic E-state index is 4.33. The van der Waals surface area contributed by atoms with E-state index in [0.717, 1.165) is 13.0 Å². The number of aromatic nitrogens is 1. The Morgan fingerprint density at radius 3 is 3.36 bits per heavy atom. The number of hydrogen-bond donors (Lipinski definition) is 1. The van der Waals surface area contributed by atoms with Crippen LogP contribution in [0.2, 0.25) is 0 Å². The quantitative estimate of drug-likeness (QED) is 0.599. The Morgan fingerprint density at radius 1 is 1.64 bits per heavy atom. The molecule has 2 rings (SSSR count). The average molecular weight is 148 g/mol. The average Bonchev–Trinajstić information content (AvgIpc) is 2.06. The van der Waals surface area contributed by atoms with Crippen LogP contribution in [-0.2, 0) is 6.42 Å². The topological polar surface area (TPSA) is 24.9 Å². The molecular formula is C9H12N2. The predicted molar refractivity (Wildman–Crippen MR) is 44.4 cm³/mol. The lowest BCUT2D eigenvalue weighted by Crippen LogP contribution is -2.28. The second-order valence-electron chi connectivity index (χ2n) is 2.97. The first kappa shape index (κ1) is 6.80. The van der Waals surface area contributed by atoms with Gasteiger partial charge in [0.15, 0.2) is 0 Å². The summed E-state index contributed by atoms with van der Waals surface area (Å²) in [6.07, 6.45) is 2.94. The molecular weight excluding hydrogens is 136 g/mol. The van der Waals surface area contributed by atoms with Crippen molar-refractivity contribution in [3.63, 3.8) is 0 Å². The van der Waals surface area contributed by atoms with E-state index in [1.54, 1.807) is 0 Å². The second kappa shape index (κ2) is 2.62. The second-order valence-corrected chi connectivity index (χ2v) is 2.97. The van der Waals surface area contributed by atoms with Gasteiger partial charge in [-0.2, -0.15) is 0 Å². The first-order valence-electron chi connectivity index (χ1n) is 4.05. The van der Waals surface area contributed by atoms with E-state index in [9.17, 15) is 0 Å². The van der Waals surface area contributed by atoms with Crippen LogP contribution in [0.3, 0.4) is 0 Å². The maximum Gasteiger partial charge on any atom is 0.0463 e. The summed E-state index contributed by atoms with van der Waals surface area (Å²) < 4.78 is 0. The molecule has 0 aromatic carbocycles. The molecule has 58 valence electrons. The van der Waals surface area contributed by atoms with Gasteiger partial charge < -0.3 is 5.32 Å². The lowest BCUT2D eigenvalue weighted by Gasteiger charge is -2.22. The highest BCUT2D eigenvalue weighted by molar-refractivity contribution is 5.25. The van der Waals surface area contributed by atoms with E-state index in [0.29, 0.717) is 6.04 Å². The Balaban J connectivity index is 2.44. The Kier molecular flexibility index (Phi) is 1.62. The zero-order valence-corrected chi connectivity index (χ0v) is 6.67. The van der Waals surface area contributed by atoms with Crippen molar-refractivity contribution < 1.29 is 0 Å². The largest absolute Gasteiger partial charge is 0.310 e. The van der Waals surface area contributed by atoms with Crippen LogP contribution in [0.15, 0.2) is 18.3 Å². The zero-order chi connectivity index (χ0) is 7.68. The van der Waals surface area contributed by atoms with E-state index >= 15 is 0 Å². The van der Waals surface area contributed by atoms with Gasteiger partial charge in [-0.3, -0.25) is 4.98 Å². The molecule has 1 aliphatic heterocycles. The van der Waals surface area contributed by atoms with Crippen molar-refractivity contribution in [2.24, 2.45) is 0 Å². The number of rotatable bonds is 0. The molecule has 2 nitrogen and oxygen atoms in total. The third-order valence-electron chi connectivity index (χ3n) is 2.20. The highest BCUT2D eigenvalue weighted by atomic mass is 14.9. The van der Waals surface area contributed by atoms with Gasteiger partial charge in [-0.15, -0.1) is 0 Å². The van der Waals surface area contributed by atoms with Crippen LogP contribution in [0.1, 0.15) is 24.2 Å². The molecule has 1 atom stereocenters. The lowest BCUT2D eigenvalue weighted by atomic mass is 10.0. The van der Waals surface area contributed by atoms with E-state index in [2.05, 4.69) is 23.3 Å². The van der Waals surface area contributed by atoms with Gasteiger partial charge in [-0.05, 0) is 18.6 Å². The van der Waals surface area contributed by atoms with Crippen molar-refractivity contribution in [2.75, 3.05) is 6.54 Å². The molecule has 1 N–H and O–H groups in total. The maximum atomic E-state index is 4.33. The van der Waals surface area contributed by atoms with Crippen LogP contribution in [-0.4, -0.2) is 11.5 Å². The summed E-state index contributed by atoms with van der Waals surface area (Å²) in [5.41, 5.74) is 2.62. The zero-order valence-electron chi connectivity index (χ0n) is 6.67. The highest BCUT2D eigenvalue weighted by Gasteiger charge is 2.14. The van der Waals surface area contributed by atoms with Crippen LogP contribution in [0.25, 0.3) is 0 Å². The van der Waals surface area contributed by atoms with E-state index in [4.69, 9.17) is 0 Å². The first-order chi connectivity index (χ1) is 5.38. The lowest BCUT2D eigenvalue weighted by molar-refractivity contribution is 0.532. The molecule has 0 bridgehead atoms. The monoisotopic (exact) mass is 148 g/mol. The minimum Gasteiger partial charge on any atom is -0.310 e. The Hall–Kier alpha value is -0.890. The van der Waals surface area contributed by atoms with Crippen molar-refractivity contribution in [1.29, 1.82) is 0 Å². The molecule has 2 heterocycles. The van der Waals surface area contributed by atoms with Crippen LogP contribution in [0, 0.1) is 0 Å². The molecule has 0 fully saturated rings. The summed E-state index contributed by atoms with van der Waals surface area (Å²) >= 11 is 0. The van der Waals surface area contributed by atoms with Gasteiger partial charge in [0.05, 0.1) is 0 Å². The van der Waals surface area contributed by atoms with Crippen molar-refractivity contribution in [3.05, 3.63) is 29.6 Å². The van der Waals surface area contributed by atoms with E-state index in [-0.39, 0.29) is 0 Å². The molecule has 2 heteroatoms. The fraction of sp³-hybridized carbons (Fsp3) is 0.444. The standard InChI is InChI=1S/C9H12N2/c1-7-8-3-2-5-11-9(8)4-6-10-7/h2-3,5,7,10H,4,6H2,1H3/t7-/m0/s1. The highest BCUT2D eigenvalue weighted by Crippen LogP contribution is 2.19. The predicted octanol–water partition coefficient (Wildman–Crippen LogP) is 1.29. The van der Waals surface area contributed by atoms with Crippen molar-refractivity contribution in [3.8, 4) is 0 Å². The summed E-state index contributed by atoms with van der Waals surface area (Å²) in [7, 11) is 0. The molecule has 0 amide bonds. The normalized spacial score (nSPS) is 22.8. The minimum absolute atomic E-state index is 0.479. The third-order valence-corrected chi connectivity index (χ3v) is 2.20. The summed E-state index contributed by atoms with van der Waals surface area (Å²) in [5.74, 6) is 0. The van der Waals surface area contributed by atoms with Gasteiger partial charge in [-0.25, -0.2) is 0 Å². The smallest absolute Gasteiger partial charge is 0.0463 e. The van der Waals surface area contributed by atoms with Crippen LogP contribution < -0.4 is 5.32 Å². The fourth-order valence-electron chi connectivity index (χ4n) is 1.57. The van der Waals surface area contributed by atoms with Crippen molar-refractivity contribution >= 4 is 0 Å².